The van der Waals surface area contributed by atoms with Crippen molar-refractivity contribution in [3.05, 3.63) is 0 Å². The molecule has 0 spiro atoms. The first-order chi connectivity index (χ1) is 4.43. The Balaban J connectivity index is 2.08. The van der Waals surface area contributed by atoms with Crippen LogP contribution in [0.25, 0.3) is 0 Å². The lowest BCUT2D eigenvalue weighted by Gasteiger charge is -2.20. The monoisotopic (exact) mass is 163 g/mol. The summed E-state index contributed by atoms with van der Waals surface area (Å²) in [6.45, 7) is 0. The summed E-state index contributed by atoms with van der Waals surface area (Å²) in [5.74, 6) is 0. The Morgan fingerprint density at radius 2 is 1.89 bits per heavy atom. The van der Waals surface area contributed by atoms with E-state index in [1.165, 1.54) is 43.1 Å². The van der Waals surface area contributed by atoms with E-state index in [1.54, 1.807) is 0 Å². The molecule has 1 fully saturated rings. The Morgan fingerprint density at radius 1 is 1.22 bits per heavy atom. The summed E-state index contributed by atoms with van der Waals surface area (Å²) in [5, 5.41) is 0. The van der Waals surface area contributed by atoms with Gasteiger partial charge in [-0.1, -0.05) is 30.9 Å². The third kappa shape index (κ3) is 2.83. The van der Waals surface area contributed by atoms with Gasteiger partial charge in [-0.3, -0.25) is 4.72 Å². The Hall–Kier alpha value is 0.660. The number of rotatable bonds is 2. The number of thiol groups is 1. The van der Waals surface area contributed by atoms with Crippen LogP contribution in [0.2, 0.25) is 0 Å². The molecule has 9 heavy (non-hydrogen) atoms. The van der Waals surface area contributed by atoms with Crippen molar-refractivity contribution in [3.8, 4) is 0 Å². The molecule has 1 aliphatic rings. The van der Waals surface area contributed by atoms with E-state index < -0.39 is 0 Å². The van der Waals surface area contributed by atoms with Gasteiger partial charge in [0.2, 0.25) is 0 Å². The molecule has 0 aliphatic heterocycles. The molecule has 0 bridgehead atoms. The van der Waals surface area contributed by atoms with Crippen LogP contribution in [0.1, 0.15) is 32.1 Å². The van der Waals surface area contributed by atoms with Gasteiger partial charge in [0, 0.05) is 6.04 Å². The summed E-state index contributed by atoms with van der Waals surface area (Å²) in [7, 11) is 1.45. The zero-order valence-electron chi connectivity index (χ0n) is 5.47. The average molecular weight is 163 g/mol. The maximum absolute atomic E-state index is 4.04. The third-order valence-electron chi connectivity index (χ3n) is 1.82. The van der Waals surface area contributed by atoms with E-state index >= 15 is 0 Å². The number of nitrogens with one attached hydrogen (secondary N) is 1. The molecule has 0 radical (unpaired) electrons. The molecule has 1 rings (SSSR count). The highest BCUT2D eigenvalue weighted by Crippen LogP contribution is 2.19. The number of hydrogen-bond acceptors (Lipinski definition) is 3. The highest BCUT2D eigenvalue weighted by atomic mass is 33.1. The van der Waals surface area contributed by atoms with Crippen molar-refractivity contribution < 1.29 is 0 Å². The van der Waals surface area contributed by atoms with Gasteiger partial charge in [-0.15, -0.1) is 0 Å². The van der Waals surface area contributed by atoms with Crippen molar-refractivity contribution in [2.45, 2.75) is 38.1 Å². The molecule has 1 N–H and O–H groups in total. The first-order valence-corrected chi connectivity index (χ1v) is 5.36. The lowest BCUT2D eigenvalue weighted by Crippen LogP contribution is -2.24. The van der Waals surface area contributed by atoms with E-state index in [1.807, 2.05) is 0 Å². The molecule has 1 nitrogen and oxygen atoms in total. The Morgan fingerprint density at radius 3 is 2.44 bits per heavy atom. The molecular formula is C6H13NS2. The van der Waals surface area contributed by atoms with Crippen LogP contribution >= 0.6 is 22.6 Å². The summed E-state index contributed by atoms with van der Waals surface area (Å²) < 4.78 is 3.27. The van der Waals surface area contributed by atoms with E-state index in [4.69, 9.17) is 0 Å². The normalized spacial score (nSPS) is 22.3. The maximum atomic E-state index is 4.04. The zero-order valence-corrected chi connectivity index (χ0v) is 7.18. The lowest BCUT2D eigenvalue weighted by atomic mass is 9.96. The Bertz CT molecular complexity index is 68.7. The molecule has 0 heterocycles. The molecule has 1 saturated carbocycles. The second-order valence-electron chi connectivity index (χ2n) is 2.54. The van der Waals surface area contributed by atoms with Crippen molar-refractivity contribution in [3.63, 3.8) is 0 Å². The van der Waals surface area contributed by atoms with Crippen molar-refractivity contribution in [2.24, 2.45) is 0 Å². The van der Waals surface area contributed by atoms with Crippen LogP contribution in [0.4, 0.5) is 0 Å². The lowest BCUT2D eigenvalue weighted by molar-refractivity contribution is 0.424. The molecule has 0 aromatic rings. The van der Waals surface area contributed by atoms with Gasteiger partial charge in [0.25, 0.3) is 0 Å². The molecular weight excluding hydrogens is 150 g/mol. The van der Waals surface area contributed by atoms with E-state index in [0.717, 1.165) is 6.04 Å². The van der Waals surface area contributed by atoms with Crippen molar-refractivity contribution in [2.75, 3.05) is 0 Å². The quantitative estimate of drug-likeness (QED) is 0.368. The largest absolute Gasteiger partial charge is 0.252 e. The fraction of sp³-hybridized carbons (Fsp3) is 1.00. The Labute approximate surface area is 65.9 Å². The average Bonchev–Trinajstić information content (AvgIpc) is 1.91. The van der Waals surface area contributed by atoms with Gasteiger partial charge in [-0.25, -0.2) is 0 Å². The molecule has 3 heteroatoms. The maximum Gasteiger partial charge on any atom is 0.0179 e. The smallest absolute Gasteiger partial charge is 0.0179 e. The predicted octanol–water partition coefficient (Wildman–Crippen LogP) is 2.40. The third-order valence-corrected chi connectivity index (χ3v) is 2.58. The summed E-state index contributed by atoms with van der Waals surface area (Å²) in [6, 6.07) is 0.737. The van der Waals surface area contributed by atoms with Gasteiger partial charge in [0.15, 0.2) is 0 Å². The molecule has 0 aromatic carbocycles. The van der Waals surface area contributed by atoms with E-state index in [-0.39, 0.29) is 0 Å². The van der Waals surface area contributed by atoms with Crippen LogP contribution in [0, 0.1) is 0 Å². The van der Waals surface area contributed by atoms with Gasteiger partial charge in [-0.2, -0.15) is 0 Å². The van der Waals surface area contributed by atoms with Crippen molar-refractivity contribution in [1.29, 1.82) is 0 Å². The zero-order chi connectivity index (χ0) is 6.53. The number of hydrogen-bond donors (Lipinski definition) is 2. The van der Waals surface area contributed by atoms with Crippen LogP contribution in [-0.4, -0.2) is 6.04 Å². The van der Waals surface area contributed by atoms with Gasteiger partial charge in [0.1, 0.15) is 0 Å². The molecule has 54 valence electrons. The Kier molecular flexibility index (Phi) is 3.86. The standard InChI is InChI=1S/C6H13NS2/c8-9-7-6-4-2-1-3-5-6/h6-8H,1-5H2. The molecule has 0 atom stereocenters. The summed E-state index contributed by atoms with van der Waals surface area (Å²) >= 11 is 4.04. The van der Waals surface area contributed by atoms with Crippen LogP contribution in [-0.2, 0) is 0 Å². The fourth-order valence-electron chi connectivity index (χ4n) is 1.29. The second-order valence-corrected chi connectivity index (χ2v) is 3.51. The van der Waals surface area contributed by atoms with Crippen LogP contribution < -0.4 is 4.72 Å². The topological polar surface area (TPSA) is 12.0 Å². The predicted molar refractivity (Wildman–Crippen MR) is 46.6 cm³/mol. The molecule has 0 amide bonds. The molecule has 0 aromatic heterocycles. The van der Waals surface area contributed by atoms with Crippen molar-refractivity contribution >= 4 is 22.6 Å². The second kappa shape index (κ2) is 4.47. The fourth-order valence-corrected chi connectivity index (χ4v) is 2.13. The van der Waals surface area contributed by atoms with Gasteiger partial charge >= 0.3 is 0 Å². The van der Waals surface area contributed by atoms with E-state index in [2.05, 4.69) is 16.4 Å². The van der Waals surface area contributed by atoms with Crippen LogP contribution in [0.3, 0.4) is 0 Å². The molecule has 0 saturated heterocycles. The highest BCUT2D eigenvalue weighted by Gasteiger charge is 2.11. The van der Waals surface area contributed by atoms with Crippen LogP contribution in [0.15, 0.2) is 0 Å². The van der Waals surface area contributed by atoms with Gasteiger partial charge < -0.3 is 0 Å². The summed E-state index contributed by atoms with van der Waals surface area (Å²) in [6.07, 6.45) is 6.90. The van der Waals surface area contributed by atoms with Gasteiger partial charge in [0.05, 0.1) is 0 Å². The SMILES string of the molecule is SSNC1CCCCC1. The van der Waals surface area contributed by atoms with Crippen molar-refractivity contribution in [1.82, 2.24) is 4.72 Å². The first kappa shape index (κ1) is 7.76. The minimum atomic E-state index is 0.737. The van der Waals surface area contributed by atoms with E-state index in [9.17, 15) is 0 Å². The minimum Gasteiger partial charge on any atom is -0.252 e. The highest BCUT2D eigenvalue weighted by molar-refractivity contribution is 8.67. The van der Waals surface area contributed by atoms with Crippen LogP contribution in [0.5, 0.6) is 0 Å². The summed E-state index contributed by atoms with van der Waals surface area (Å²) in [4.78, 5) is 0. The van der Waals surface area contributed by atoms with Gasteiger partial charge in [-0.05, 0) is 23.8 Å². The summed E-state index contributed by atoms with van der Waals surface area (Å²) in [5.41, 5.74) is 0. The molecule has 1 aliphatic carbocycles. The first-order valence-electron chi connectivity index (χ1n) is 3.49. The minimum absolute atomic E-state index is 0.737. The van der Waals surface area contributed by atoms with E-state index in [0.29, 0.717) is 0 Å². The molecule has 0 unspecified atom stereocenters.